The smallest absolute Gasteiger partial charge is 0.317 e. The van der Waals surface area contributed by atoms with Crippen LogP contribution in [0.4, 0.5) is 4.79 Å². The highest BCUT2D eigenvalue weighted by molar-refractivity contribution is 6.18. The van der Waals surface area contributed by atoms with Gasteiger partial charge in [-0.05, 0) is 45.6 Å². The van der Waals surface area contributed by atoms with Crippen molar-refractivity contribution in [1.82, 2.24) is 20.6 Å². The minimum Gasteiger partial charge on any atom is -0.460 e. The molecule has 22 heavy (non-hydrogen) atoms. The molecule has 1 saturated carbocycles. The van der Waals surface area contributed by atoms with Crippen molar-refractivity contribution in [3.05, 3.63) is 17.5 Å². The van der Waals surface area contributed by atoms with Gasteiger partial charge in [-0.25, -0.2) is 14.8 Å². The fraction of sp³-hybridized carbons (Fsp3) is 0.667. The van der Waals surface area contributed by atoms with Gasteiger partial charge in [0.2, 0.25) is 0 Å². The van der Waals surface area contributed by atoms with Crippen LogP contribution in [-0.2, 0) is 0 Å². The van der Waals surface area contributed by atoms with E-state index in [1.165, 1.54) is 0 Å². The quantitative estimate of drug-likeness (QED) is 0.814. The van der Waals surface area contributed by atoms with Gasteiger partial charge >= 0.3 is 12.0 Å². The van der Waals surface area contributed by atoms with Crippen molar-refractivity contribution in [2.45, 2.75) is 51.7 Å². The SMILES string of the molecule is Cc1cc(C)nc(OC2CCC(NC(=O)NCCCl)CC2)n1. The molecule has 7 heteroatoms. The third kappa shape index (κ3) is 5.33. The van der Waals surface area contributed by atoms with Crippen LogP contribution in [0.3, 0.4) is 0 Å². The molecule has 0 aliphatic heterocycles. The molecule has 0 spiro atoms. The summed E-state index contributed by atoms with van der Waals surface area (Å²) in [5.74, 6) is 0.421. The van der Waals surface area contributed by atoms with E-state index in [9.17, 15) is 4.79 Å². The molecule has 0 saturated heterocycles. The molecule has 0 atom stereocenters. The topological polar surface area (TPSA) is 76.1 Å². The molecule has 0 aromatic carbocycles. The first-order valence-corrected chi connectivity index (χ1v) is 8.19. The molecule has 0 unspecified atom stereocenters. The summed E-state index contributed by atoms with van der Waals surface area (Å²) in [6.07, 6.45) is 3.67. The Labute approximate surface area is 136 Å². The molecule has 0 bridgehead atoms. The summed E-state index contributed by atoms with van der Waals surface area (Å²) in [5.41, 5.74) is 1.82. The van der Waals surface area contributed by atoms with Crippen LogP contribution < -0.4 is 15.4 Å². The predicted molar refractivity (Wildman–Crippen MR) is 85.4 cm³/mol. The second-order valence-corrected chi connectivity index (χ2v) is 5.99. The van der Waals surface area contributed by atoms with Gasteiger partial charge in [0.25, 0.3) is 0 Å². The molecule has 1 aromatic heterocycles. The van der Waals surface area contributed by atoms with Crippen molar-refractivity contribution in [3.8, 4) is 6.01 Å². The Kier molecular flexibility index (Phi) is 6.24. The Hall–Kier alpha value is -1.56. The number of nitrogens with one attached hydrogen (secondary N) is 2. The number of ether oxygens (including phenoxy) is 1. The highest BCUT2D eigenvalue weighted by Crippen LogP contribution is 2.22. The van der Waals surface area contributed by atoms with Gasteiger partial charge in [-0.2, -0.15) is 0 Å². The maximum atomic E-state index is 11.6. The van der Waals surface area contributed by atoms with E-state index in [0.29, 0.717) is 18.4 Å². The molecule has 2 amide bonds. The number of alkyl halides is 1. The van der Waals surface area contributed by atoms with Crippen LogP contribution in [0.1, 0.15) is 37.1 Å². The monoisotopic (exact) mass is 326 g/mol. The standard InChI is InChI=1S/C15H23ClN4O2/c1-10-9-11(2)19-15(18-10)22-13-5-3-12(4-6-13)20-14(21)17-8-7-16/h9,12-13H,3-8H2,1-2H3,(H2,17,20,21). The van der Waals surface area contributed by atoms with Crippen molar-refractivity contribution in [2.24, 2.45) is 0 Å². The Morgan fingerprint density at radius 1 is 1.27 bits per heavy atom. The molecule has 0 radical (unpaired) electrons. The number of hydrogen-bond donors (Lipinski definition) is 2. The summed E-state index contributed by atoms with van der Waals surface area (Å²) in [7, 11) is 0. The van der Waals surface area contributed by atoms with Gasteiger partial charge in [-0.1, -0.05) is 0 Å². The number of carbonyl (C=O) groups is 1. The fourth-order valence-electron chi connectivity index (χ4n) is 2.62. The molecule has 6 nitrogen and oxygen atoms in total. The minimum absolute atomic E-state index is 0.116. The van der Waals surface area contributed by atoms with Gasteiger partial charge in [-0.15, -0.1) is 11.6 Å². The summed E-state index contributed by atoms with van der Waals surface area (Å²) < 4.78 is 5.87. The van der Waals surface area contributed by atoms with Crippen LogP contribution in [0.5, 0.6) is 6.01 Å². The van der Waals surface area contributed by atoms with E-state index >= 15 is 0 Å². The van der Waals surface area contributed by atoms with Crippen LogP contribution in [0, 0.1) is 13.8 Å². The zero-order valence-corrected chi connectivity index (χ0v) is 13.8. The normalized spacial score (nSPS) is 21.2. The second kappa shape index (κ2) is 8.17. The molecule has 1 aliphatic rings. The zero-order chi connectivity index (χ0) is 15.9. The maximum absolute atomic E-state index is 11.6. The lowest BCUT2D eigenvalue weighted by Gasteiger charge is -2.29. The predicted octanol–water partition coefficient (Wildman–Crippen LogP) is 2.32. The van der Waals surface area contributed by atoms with Crippen LogP contribution in [0.2, 0.25) is 0 Å². The first-order valence-electron chi connectivity index (χ1n) is 7.66. The average molecular weight is 327 g/mol. The molecule has 1 aliphatic carbocycles. The second-order valence-electron chi connectivity index (χ2n) is 5.61. The molecule has 1 fully saturated rings. The summed E-state index contributed by atoms with van der Waals surface area (Å²) in [6, 6.07) is 2.42. The minimum atomic E-state index is -0.150. The lowest BCUT2D eigenvalue weighted by atomic mass is 9.93. The summed E-state index contributed by atoms with van der Waals surface area (Å²) in [5, 5.41) is 5.67. The van der Waals surface area contributed by atoms with Crippen molar-refractivity contribution < 1.29 is 9.53 Å². The Balaban J connectivity index is 1.76. The first kappa shape index (κ1) is 16.8. The molecular weight excluding hydrogens is 304 g/mol. The van der Waals surface area contributed by atoms with Crippen molar-refractivity contribution >= 4 is 17.6 Å². The number of hydrogen-bond acceptors (Lipinski definition) is 4. The highest BCUT2D eigenvalue weighted by atomic mass is 35.5. The third-order valence-electron chi connectivity index (χ3n) is 3.62. The van der Waals surface area contributed by atoms with Gasteiger partial charge in [0.05, 0.1) is 0 Å². The third-order valence-corrected chi connectivity index (χ3v) is 3.81. The summed E-state index contributed by atoms with van der Waals surface area (Å²) >= 11 is 5.54. The molecule has 2 N–H and O–H groups in total. The number of aromatic nitrogens is 2. The lowest BCUT2D eigenvalue weighted by Crippen LogP contribution is -2.45. The highest BCUT2D eigenvalue weighted by Gasteiger charge is 2.24. The van der Waals surface area contributed by atoms with Crippen molar-refractivity contribution in [2.75, 3.05) is 12.4 Å². The van der Waals surface area contributed by atoms with Crippen molar-refractivity contribution in [3.63, 3.8) is 0 Å². The summed E-state index contributed by atoms with van der Waals surface area (Å²) in [4.78, 5) is 20.2. The number of rotatable bonds is 5. The van der Waals surface area contributed by atoms with Crippen molar-refractivity contribution in [1.29, 1.82) is 0 Å². The number of nitrogens with zero attached hydrogens (tertiary/aromatic N) is 2. The van der Waals surface area contributed by atoms with Gasteiger partial charge in [-0.3, -0.25) is 0 Å². The number of aryl methyl sites for hydroxylation is 2. The van der Waals surface area contributed by atoms with E-state index in [0.717, 1.165) is 37.1 Å². The van der Waals surface area contributed by atoms with Crippen LogP contribution in [0.25, 0.3) is 0 Å². The summed E-state index contributed by atoms with van der Waals surface area (Å²) in [6.45, 7) is 4.35. The van der Waals surface area contributed by atoms with E-state index in [-0.39, 0.29) is 18.2 Å². The number of halogens is 1. The van der Waals surface area contributed by atoms with Gasteiger partial charge in [0.15, 0.2) is 0 Å². The Morgan fingerprint density at radius 3 is 2.50 bits per heavy atom. The van der Waals surface area contributed by atoms with Crippen LogP contribution in [0.15, 0.2) is 6.07 Å². The Bertz CT molecular complexity index is 484. The van der Waals surface area contributed by atoms with Gasteiger partial charge in [0, 0.05) is 29.9 Å². The number of amides is 2. The molecule has 2 rings (SSSR count). The van der Waals surface area contributed by atoms with Crippen LogP contribution in [-0.4, -0.2) is 40.6 Å². The lowest BCUT2D eigenvalue weighted by molar-refractivity contribution is 0.128. The van der Waals surface area contributed by atoms with E-state index in [1.807, 2.05) is 19.9 Å². The van der Waals surface area contributed by atoms with E-state index in [4.69, 9.17) is 16.3 Å². The maximum Gasteiger partial charge on any atom is 0.317 e. The average Bonchev–Trinajstić information content (AvgIpc) is 2.46. The largest absolute Gasteiger partial charge is 0.460 e. The molecule has 122 valence electrons. The Morgan fingerprint density at radius 2 is 1.91 bits per heavy atom. The first-order chi connectivity index (χ1) is 10.6. The van der Waals surface area contributed by atoms with E-state index < -0.39 is 0 Å². The number of urea groups is 1. The molecule has 1 aromatic rings. The van der Waals surface area contributed by atoms with Gasteiger partial charge < -0.3 is 15.4 Å². The number of carbonyl (C=O) groups excluding carboxylic acids is 1. The van der Waals surface area contributed by atoms with Crippen LogP contribution >= 0.6 is 11.6 Å². The zero-order valence-electron chi connectivity index (χ0n) is 13.1. The fourth-order valence-corrected chi connectivity index (χ4v) is 2.71. The molecule has 1 heterocycles. The van der Waals surface area contributed by atoms with Gasteiger partial charge in [0.1, 0.15) is 6.10 Å². The van der Waals surface area contributed by atoms with E-state index in [1.54, 1.807) is 0 Å². The van der Waals surface area contributed by atoms with E-state index in [2.05, 4.69) is 20.6 Å². The molecular formula is C15H23ClN4O2.